The van der Waals surface area contributed by atoms with Crippen LogP contribution in [0, 0.1) is 11.8 Å². The number of halogens is 3. The molecular weight excluding hydrogens is 331 g/mol. The van der Waals surface area contributed by atoms with Crippen LogP contribution in [0.1, 0.15) is 12.0 Å². The van der Waals surface area contributed by atoms with E-state index in [2.05, 4.69) is 9.08 Å². The SMILES string of the molecule is O=S(=O)(OC1=CC2CN(Cc3ccccc3)CC2C1)C(F)(F)F. The first-order chi connectivity index (χ1) is 10.7. The fraction of sp³-hybridized carbons (Fsp3) is 0.467. The van der Waals surface area contributed by atoms with Gasteiger partial charge in [-0.15, -0.1) is 0 Å². The minimum atomic E-state index is -5.56. The lowest BCUT2D eigenvalue weighted by Gasteiger charge is -2.17. The van der Waals surface area contributed by atoms with Crippen LogP contribution in [0.25, 0.3) is 0 Å². The summed E-state index contributed by atoms with van der Waals surface area (Å²) in [6.07, 6.45) is 1.75. The summed E-state index contributed by atoms with van der Waals surface area (Å²) in [6, 6.07) is 9.90. The molecule has 1 aromatic carbocycles. The normalized spacial score (nSPS) is 25.3. The summed E-state index contributed by atoms with van der Waals surface area (Å²) >= 11 is 0. The van der Waals surface area contributed by atoms with Crippen LogP contribution in [0.5, 0.6) is 0 Å². The summed E-state index contributed by atoms with van der Waals surface area (Å²) in [6.45, 7) is 2.19. The van der Waals surface area contributed by atoms with Crippen molar-refractivity contribution in [1.29, 1.82) is 0 Å². The average Bonchev–Trinajstić information content (AvgIpc) is 2.95. The average molecular weight is 347 g/mol. The zero-order chi connectivity index (χ0) is 16.7. The van der Waals surface area contributed by atoms with Crippen LogP contribution < -0.4 is 0 Å². The molecule has 0 aromatic heterocycles. The molecular formula is C15H16F3NO3S. The molecule has 0 amide bonds. The van der Waals surface area contributed by atoms with Gasteiger partial charge in [-0.3, -0.25) is 4.90 Å². The Labute approximate surface area is 132 Å². The Morgan fingerprint density at radius 1 is 1.17 bits per heavy atom. The van der Waals surface area contributed by atoms with Gasteiger partial charge in [0.2, 0.25) is 0 Å². The van der Waals surface area contributed by atoms with E-state index in [-0.39, 0.29) is 24.0 Å². The third-order valence-electron chi connectivity index (χ3n) is 4.18. The Kier molecular flexibility index (Phi) is 4.14. The van der Waals surface area contributed by atoms with E-state index in [1.54, 1.807) is 0 Å². The highest BCUT2D eigenvalue weighted by Gasteiger charge is 2.50. The minimum absolute atomic E-state index is 0.0390. The zero-order valence-corrected chi connectivity index (χ0v) is 13.0. The first-order valence-electron chi connectivity index (χ1n) is 7.22. The predicted molar refractivity (Wildman–Crippen MR) is 77.5 cm³/mol. The Hall–Kier alpha value is -1.54. The second-order valence-electron chi connectivity index (χ2n) is 5.92. The van der Waals surface area contributed by atoms with E-state index >= 15 is 0 Å². The molecule has 1 saturated heterocycles. The van der Waals surface area contributed by atoms with Crippen LogP contribution in [-0.2, 0) is 20.8 Å². The lowest BCUT2D eigenvalue weighted by Crippen LogP contribution is -2.25. The molecule has 1 aliphatic heterocycles. The van der Waals surface area contributed by atoms with E-state index < -0.39 is 15.6 Å². The fourth-order valence-corrected chi connectivity index (χ4v) is 3.68. The van der Waals surface area contributed by atoms with Crippen molar-refractivity contribution in [1.82, 2.24) is 4.90 Å². The number of likely N-dealkylation sites (tertiary alicyclic amines) is 1. The first-order valence-corrected chi connectivity index (χ1v) is 8.63. The zero-order valence-electron chi connectivity index (χ0n) is 12.2. The topological polar surface area (TPSA) is 46.6 Å². The number of benzene rings is 1. The van der Waals surface area contributed by atoms with Crippen molar-refractivity contribution in [2.45, 2.75) is 18.5 Å². The van der Waals surface area contributed by atoms with Crippen LogP contribution in [0.2, 0.25) is 0 Å². The van der Waals surface area contributed by atoms with Gasteiger partial charge >= 0.3 is 15.6 Å². The second-order valence-corrected chi connectivity index (χ2v) is 7.46. The molecule has 0 N–H and O–H groups in total. The molecule has 0 saturated carbocycles. The van der Waals surface area contributed by atoms with Crippen LogP contribution in [0.4, 0.5) is 13.2 Å². The van der Waals surface area contributed by atoms with Gasteiger partial charge in [-0.05, 0) is 23.5 Å². The first kappa shape index (κ1) is 16.3. The third-order valence-corrected chi connectivity index (χ3v) is 5.18. The van der Waals surface area contributed by atoms with Gasteiger partial charge in [0.25, 0.3) is 0 Å². The van der Waals surface area contributed by atoms with Gasteiger partial charge in [0.05, 0.1) is 0 Å². The van der Waals surface area contributed by atoms with Crippen molar-refractivity contribution in [3.05, 3.63) is 47.7 Å². The van der Waals surface area contributed by atoms with Crippen molar-refractivity contribution < 1.29 is 25.8 Å². The quantitative estimate of drug-likeness (QED) is 0.621. The molecule has 2 aliphatic rings. The van der Waals surface area contributed by atoms with Crippen LogP contribution >= 0.6 is 0 Å². The second kappa shape index (κ2) is 5.83. The molecule has 23 heavy (non-hydrogen) atoms. The van der Waals surface area contributed by atoms with Gasteiger partial charge in [-0.2, -0.15) is 21.6 Å². The molecule has 0 spiro atoms. The molecule has 0 radical (unpaired) electrons. The molecule has 1 aromatic rings. The van der Waals surface area contributed by atoms with Gasteiger partial charge in [-0.1, -0.05) is 30.3 Å². The smallest absolute Gasteiger partial charge is 0.381 e. The fourth-order valence-electron chi connectivity index (χ4n) is 3.18. The summed E-state index contributed by atoms with van der Waals surface area (Å²) < 4.78 is 63.3. The summed E-state index contributed by atoms with van der Waals surface area (Å²) in [7, 11) is -5.56. The predicted octanol–water partition coefficient (Wildman–Crippen LogP) is 2.89. The number of nitrogens with zero attached hydrogens (tertiary/aromatic N) is 1. The molecule has 1 aliphatic carbocycles. The lowest BCUT2D eigenvalue weighted by atomic mass is 10.0. The standard InChI is InChI=1S/C15H16F3NO3S/c16-15(17,18)23(20,21)22-14-6-12-9-19(10-13(12)7-14)8-11-4-2-1-3-5-11/h1-6,12-13H,7-10H2. The number of allylic oxidation sites excluding steroid dienone is 1. The maximum atomic E-state index is 12.3. The van der Waals surface area contributed by atoms with Crippen LogP contribution in [-0.4, -0.2) is 31.9 Å². The third kappa shape index (κ3) is 3.53. The number of rotatable bonds is 4. The Balaban J connectivity index is 1.60. The van der Waals surface area contributed by atoms with Crippen LogP contribution in [0.3, 0.4) is 0 Å². The van der Waals surface area contributed by atoms with E-state index in [1.807, 2.05) is 30.3 Å². The highest BCUT2D eigenvalue weighted by molar-refractivity contribution is 7.87. The Morgan fingerprint density at radius 2 is 1.87 bits per heavy atom. The van der Waals surface area contributed by atoms with Gasteiger partial charge in [0.1, 0.15) is 5.76 Å². The van der Waals surface area contributed by atoms with E-state index in [9.17, 15) is 21.6 Å². The minimum Gasteiger partial charge on any atom is -0.381 e. The van der Waals surface area contributed by atoms with Gasteiger partial charge in [0, 0.05) is 26.1 Å². The number of alkyl halides is 3. The molecule has 4 nitrogen and oxygen atoms in total. The maximum absolute atomic E-state index is 12.3. The van der Waals surface area contributed by atoms with Crippen molar-refractivity contribution in [3.8, 4) is 0 Å². The number of hydrogen-bond donors (Lipinski definition) is 0. The van der Waals surface area contributed by atoms with Gasteiger partial charge in [-0.25, -0.2) is 0 Å². The largest absolute Gasteiger partial charge is 0.534 e. The van der Waals surface area contributed by atoms with Crippen LogP contribution in [0.15, 0.2) is 42.2 Å². The monoisotopic (exact) mass is 347 g/mol. The summed E-state index contributed by atoms with van der Waals surface area (Å²) in [4.78, 5) is 2.22. The molecule has 0 bridgehead atoms. The molecule has 1 heterocycles. The van der Waals surface area contributed by atoms with Crippen molar-refractivity contribution in [2.75, 3.05) is 13.1 Å². The molecule has 2 atom stereocenters. The number of hydrogen-bond acceptors (Lipinski definition) is 4. The highest BCUT2D eigenvalue weighted by atomic mass is 32.2. The molecule has 1 fully saturated rings. The molecule has 8 heteroatoms. The summed E-state index contributed by atoms with van der Waals surface area (Å²) in [5.74, 6) is 0.0611. The van der Waals surface area contributed by atoms with Gasteiger partial charge in [0.15, 0.2) is 0 Å². The van der Waals surface area contributed by atoms with E-state index in [0.29, 0.717) is 6.54 Å². The van der Waals surface area contributed by atoms with E-state index in [1.165, 1.54) is 11.6 Å². The Morgan fingerprint density at radius 3 is 2.48 bits per heavy atom. The lowest BCUT2D eigenvalue weighted by molar-refractivity contribution is -0.0523. The van der Waals surface area contributed by atoms with E-state index in [0.717, 1.165) is 13.1 Å². The molecule has 126 valence electrons. The van der Waals surface area contributed by atoms with Crippen molar-refractivity contribution in [3.63, 3.8) is 0 Å². The maximum Gasteiger partial charge on any atom is 0.534 e. The van der Waals surface area contributed by atoms with Crippen molar-refractivity contribution >= 4 is 10.1 Å². The highest BCUT2D eigenvalue weighted by Crippen LogP contribution is 2.39. The van der Waals surface area contributed by atoms with Gasteiger partial charge < -0.3 is 4.18 Å². The Bertz CT molecular complexity index is 700. The summed E-state index contributed by atoms with van der Waals surface area (Å²) in [5, 5.41) is 0. The van der Waals surface area contributed by atoms with Crippen molar-refractivity contribution in [2.24, 2.45) is 11.8 Å². The van der Waals surface area contributed by atoms with E-state index in [4.69, 9.17) is 0 Å². The molecule has 2 unspecified atom stereocenters. The number of fused-ring (bicyclic) bond motifs is 1. The molecule has 3 rings (SSSR count). The summed E-state index contributed by atoms with van der Waals surface area (Å²) in [5.41, 5.74) is -4.21.